The van der Waals surface area contributed by atoms with Gasteiger partial charge >= 0.3 is 0 Å². The van der Waals surface area contributed by atoms with Gasteiger partial charge in [-0.25, -0.2) is 0 Å². The molecule has 2 aliphatic heterocycles. The number of amides is 2. The van der Waals surface area contributed by atoms with Crippen LogP contribution in [0.2, 0.25) is 0 Å². The van der Waals surface area contributed by atoms with E-state index in [2.05, 4.69) is 41.4 Å². The smallest absolute Gasteiger partial charge is 0.243 e. The van der Waals surface area contributed by atoms with Gasteiger partial charge in [-0.15, -0.1) is 0 Å². The Hall–Kier alpha value is -1.92. The SMILES string of the molecule is CC1CN(Cc2cccc(CNC(=O)C3CCCN3C(=O)C3CCCCC3)c2)CCO1. The normalized spacial score (nSPS) is 25.5. The maximum atomic E-state index is 13.0. The average Bonchev–Trinajstić information content (AvgIpc) is 3.28. The van der Waals surface area contributed by atoms with Gasteiger partial charge in [-0.3, -0.25) is 14.5 Å². The highest BCUT2D eigenvalue weighted by atomic mass is 16.5. The fourth-order valence-electron chi connectivity index (χ4n) is 5.32. The summed E-state index contributed by atoms with van der Waals surface area (Å²) in [6.07, 6.45) is 7.46. The van der Waals surface area contributed by atoms with E-state index in [4.69, 9.17) is 4.74 Å². The van der Waals surface area contributed by atoms with Gasteiger partial charge in [0.2, 0.25) is 11.8 Å². The molecule has 1 aromatic rings. The first-order valence-electron chi connectivity index (χ1n) is 12.1. The first-order chi connectivity index (χ1) is 15.1. The lowest BCUT2D eigenvalue weighted by molar-refractivity contribution is -0.142. The molecule has 2 atom stereocenters. The minimum absolute atomic E-state index is 0.00549. The highest BCUT2D eigenvalue weighted by molar-refractivity contribution is 5.89. The number of nitrogens with one attached hydrogen (secondary N) is 1. The number of hydrogen-bond donors (Lipinski definition) is 1. The summed E-state index contributed by atoms with van der Waals surface area (Å²) in [7, 11) is 0. The van der Waals surface area contributed by atoms with E-state index in [-0.39, 0.29) is 29.9 Å². The molecule has 1 saturated carbocycles. The number of nitrogens with zero attached hydrogens (tertiary/aromatic N) is 2. The fourth-order valence-corrected chi connectivity index (χ4v) is 5.32. The summed E-state index contributed by atoms with van der Waals surface area (Å²) in [6, 6.07) is 8.15. The van der Waals surface area contributed by atoms with Crippen molar-refractivity contribution in [2.24, 2.45) is 5.92 Å². The molecule has 0 aromatic heterocycles. The zero-order valence-electron chi connectivity index (χ0n) is 18.9. The number of carbonyl (C=O) groups excluding carboxylic acids is 2. The lowest BCUT2D eigenvalue weighted by Crippen LogP contribution is -2.48. The second-order valence-corrected chi connectivity index (χ2v) is 9.48. The number of morpholine rings is 1. The molecule has 1 aliphatic carbocycles. The van der Waals surface area contributed by atoms with Crippen molar-refractivity contribution >= 4 is 11.8 Å². The van der Waals surface area contributed by atoms with Crippen molar-refractivity contribution in [3.63, 3.8) is 0 Å². The first-order valence-corrected chi connectivity index (χ1v) is 12.1. The molecule has 6 nitrogen and oxygen atoms in total. The van der Waals surface area contributed by atoms with Crippen LogP contribution < -0.4 is 5.32 Å². The molecule has 0 bridgehead atoms. The van der Waals surface area contributed by atoms with Gasteiger partial charge in [0.1, 0.15) is 6.04 Å². The molecule has 2 heterocycles. The van der Waals surface area contributed by atoms with Crippen LogP contribution in [0.1, 0.15) is 63.0 Å². The van der Waals surface area contributed by atoms with Gasteiger partial charge in [-0.2, -0.15) is 0 Å². The van der Waals surface area contributed by atoms with E-state index >= 15 is 0 Å². The molecule has 1 N–H and O–H groups in total. The Morgan fingerprint density at radius 2 is 1.87 bits per heavy atom. The average molecular weight is 428 g/mol. The summed E-state index contributed by atoms with van der Waals surface area (Å²) in [5, 5.41) is 3.10. The predicted molar refractivity (Wildman–Crippen MR) is 120 cm³/mol. The Kier molecular flexibility index (Phi) is 7.62. The molecule has 2 saturated heterocycles. The molecule has 2 unspecified atom stereocenters. The zero-order valence-corrected chi connectivity index (χ0v) is 18.9. The standard InChI is InChI=1S/C25H37N3O3/c1-19-17-27(13-14-31-19)18-21-8-5-7-20(15-21)16-26-24(29)23-11-6-12-28(23)25(30)22-9-3-2-4-10-22/h5,7-8,15,19,22-23H,2-4,6,9-14,16-18H2,1H3,(H,26,29). The summed E-state index contributed by atoms with van der Waals surface area (Å²) >= 11 is 0. The lowest BCUT2D eigenvalue weighted by atomic mass is 9.88. The Labute approximate surface area is 186 Å². The van der Waals surface area contributed by atoms with Crippen molar-refractivity contribution in [3.05, 3.63) is 35.4 Å². The monoisotopic (exact) mass is 427 g/mol. The van der Waals surface area contributed by atoms with Gasteiger partial charge < -0.3 is 15.0 Å². The third-order valence-corrected chi connectivity index (χ3v) is 6.98. The quantitative estimate of drug-likeness (QED) is 0.758. The molecule has 3 aliphatic rings. The van der Waals surface area contributed by atoms with Crippen molar-refractivity contribution < 1.29 is 14.3 Å². The maximum absolute atomic E-state index is 13.0. The topological polar surface area (TPSA) is 61.9 Å². The molecule has 6 heteroatoms. The van der Waals surface area contributed by atoms with E-state index in [0.717, 1.165) is 76.9 Å². The van der Waals surface area contributed by atoms with E-state index < -0.39 is 0 Å². The molecular weight excluding hydrogens is 390 g/mol. The molecule has 0 radical (unpaired) electrons. The second kappa shape index (κ2) is 10.6. The van der Waals surface area contributed by atoms with Crippen molar-refractivity contribution in [2.45, 2.75) is 77.1 Å². The number of rotatable bonds is 6. The number of benzene rings is 1. The Morgan fingerprint density at radius 1 is 1.06 bits per heavy atom. The van der Waals surface area contributed by atoms with Crippen molar-refractivity contribution in [1.82, 2.24) is 15.1 Å². The maximum Gasteiger partial charge on any atom is 0.243 e. The predicted octanol–water partition coefficient (Wildman–Crippen LogP) is 3.09. The number of hydrogen-bond acceptors (Lipinski definition) is 4. The van der Waals surface area contributed by atoms with Crippen LogP contribution in [-0.2, 0) is 27.4 Å². The van der Waals surface area contributed by atoms with Crippen LogP contribution in [0, 0.1) is 5.92 Å². The number of carbonyl (C=O) groups is 2. The highest BCUT2D eigenvalue weighted by Crippen LogP contribution is 2.29. The van der Waals surface area contributed by atoms with E-state index in [9.17, 15) is 9.59 Å². The fraction of sp³-hybridized carbons (Fsp3) is 0.680. The summed E-state index contributed by atoms with van der Waals surface area (Å²) in [4.78, 5) is 30.2. The van der Waals surface area contributed by atoms with Gasteiger partial charge in [-0.05, 0) is 43.7 Å². The summed E-state index contributed by atoms with van der Waals surface area (Å²) in [5.41, 5.74) is 2.37. The van der Waals surface area contributed by atoms with E-state index in [1.54, 1.807) is 0 Å². The van der Waals surface area contributed by atoms with Crippen LogP contribution in [0.3, 0.4) is 0 Å². The third kappa shape index (κ3) is 5.86. The lowest BCUT2D eigenvalue weighted by Gasteiger charge is -2.31. The molecule has 170 valence electrons. The van der Waals surface area contributed by atoms with Crippen LogP contribution >= 0.6 is 0 Å². The van der Waals surface area contributed by atoms with Crippen LogP contribution in [-0.4, -0.2) is 60.0 Å². The largest absolute Gasteiger partial charge is 0.376 e. The molecule has 2 amide bonds. The minimum atomic E-state index is -0.299. The van der Waals surface area contributed by atoms with Crippen molar-refractivity contribution in [1.29, 1.82) is 0 Å². The van der Waals surface area contributed by atoms with Crippen molar-refractivity contribution in [2.75, 3.05) is 26.2 Å². The molecule has 31 heavy (non-hydrogen) atoms. The molecule has 1 aromatic carbocycles. The van der Waals surface area contributed by atoms with E-state index in [0.29, 0.717) is 6.54 Å². The molecule has 0 spiro atoms. The molecular formula is C25H37N3O3. The minimum Gasteiger partial charge on any atom is -0.376 e. The van der Waals surface area contributed by atoms with Crippen LogP contribution in [0.5, 0.6) is 0 Å². The van der Waals surface area contributed by atoms with E-state index in [1.807, 2.05) is 4.90 Å². The molecule has 4 rings (SSSR count). The summed E-state index contributed by atoms with van der Waals surface area (Å²) in [6.45, 7) is 6.94. The van der Waals surface area contributed by atoms with Crippen molar-refractivity contribution in [3.8, 4) is 0 Å². The van der Waals surface area contributed by atoms with Gasteiger partial charge in [0.05, 0.1) is 12.7 Å². The van der Waals surface area contributed by atoms with Crippen LogP contribution in [0.15, 0.2) is 24.3 Å². The van der Waals surface area contributed by atoms with Gasteiger partial charge in [-0.1, -0.05) is 43.5 Å². The van der Waals surface area contributed by atoms with Gasteiger partial charge in [0, 0.05) is 38.6 Å². The summed E-state index contributed by atoms with van der Waals surface area (Å²) in [5.74, 6) is 0.329. The Morgan fingerprint density at radius 3 is 2.68 bits per heavy atom. The van der Waals surface area contributed by atoms with Gasteiger partial charge in [0.25, 0.3) is 0 Å². The number of likely N-dealkylation sites (tertiary alicyclic amines) is 1. The Balaban J connectivity index is 1.30. The molecule has 3 fully saturated rings. The summed E-state index contributed by atoms with van der Waals surface area (Å²) < 4.78 is 5.63. The Bertz CT molecular complexity index is 762. The van der Waals surface area contributed by atoms with E-state index in [1.165, 1.54) is 12.0 Å². The highest BCUT2D eigenvalue weighted by Gasteiger charge is 2.37. The third-order valence-electron chi connectivity index (χ3n) is 6.98. The first kappa shape index (κ1) is 22.3. The van der Waals surface area contributed by atoms with Crippen LogP contribution in [0.25, 0.3) is 0 Å². The second-order valence-electron chi connectivity index (χ2n) is 9.48. The number of ether oxygens (including phenoxy) is 1. The zero-order chi connectivity index (χ0) is 21.6. The van der Waals surface area contributed by atoms with Crippen LogP contribution in [0.4, 0.5) is 0 Å². The van der Waals surface area contributed by atoms with Gasteiger partial charge in [0.15, 0.2) is 0 Å².